The molecule has 1 amide bonds. The number of nitrogens with zero attached hydrogens (tertiary/aromatic N) is 1. The largest absolute Gasteiger partial charge is 0.481 e. The Bertz CT molecular complexity index is 436. The average Bonchev–Trinajstić information content (AvgIpc) is 2.97. The maximum atomic E-state index is 12.7. The number of allylic oxidation sites excluding steroid dienone is 2. The molecule has 0 aromatic heterocycles. The van der Waals surface area contributed by atoms with Gasteiger partial charge >= 0.3 is 5.97 Å². The fourth-order valence-corrected chi connectivity index (χ4v) is 4.74. The van der Waals surface area contributed by atoms with E-state index in [0.29, 0.717) is 5.25 Å². The van der Waals surface area contributed by atoms with E-state index in [1.54, 1.807) is 0 Å². The average molecular weight is 281 g/mol. The Hall–Kier alpha value is -0.970. The number of carbonyl (C=O) groups excluding carboxylic acids is 1. The summed E-state index contributed by atoms with van der Waals surface area (Å²) in [5.41, 5.74) is 0. The molecule has 5 atom stereocenters. The number of carboxylic acid groups (broad SMARTS) is 1. The van der Waals surface area contributed by atoms with Crippen molar-refractivity contribution in [3.05, 3.63) is 12.2 Å². The Balaban J connectivity index is 1.78. The van der Waals surface area contributed by atoms with Gasteiger partial charge in [-0.05, 0) is 18.3 Å². The Morgan fingerprint density at radius 1 is 1.26 bits per heavy atom. The number of carboxylic acids is 1. The highest BCUT2D eigenvalue weighted by molar-refractivity contribution is 7.99. The molecule has 104 valence electrons. The minimum absolute atomic E-state index is 0.0630. The number of aliphatic carboxylic acids is 1. The fourth-order valence-electron chi connectivity index (χ4n) is 3.72. The lowest BCUT2D eigenvalue weighted by Crippen LogP contribution is -2.47. The first-order valence-corrected chi connectivity index (χ1v) is 7.94. The number of hydrogen-bond acceptors (Lipinski definition) is 3. The van der Waals surface area contributed by atoms with Gasteiger partial charge in [-0.3, -0.25) is 9.59 Å². The smallest absolute Gasteiger partial charge is 0.307 e. The van der Waals surface area contributed by atoms with Crippen molar-refractivity contribution in [3.63, 3.8) is 0 Å². The molecule has 1 N–H and O–H groups in total. The van der Waals surface area contributed by atoms with E-state index in [0.717, 1.165) is 25.3 Å². The predicted octanol–water partition coefficient (Wildman–Crippen LogP) is 1.47. The van der Waals surface area contributed by atoms with Crippen molar-refractivity contribution in [2.24, 2.45) is 23.7 Å². The van der Waals surface area contributed by atoms with Crippen molar-refractivity contribution in [1.82, 2.24) is 4.90 Å². The van der Waals surface area contributed by atoms with Gasteiger partial charge in [0.1, 0.15) is 0 Å². The second kappa shape index (κ2) is 4.85. The third kappa shape index (κ3) is 2.18. The van der Waals surface area contributed by atoms with Crippen LogP contribution in [0.2, 0.25) is 0 Å². The van der Waals surface area contributed by atoms with E-state index in [4.69, 9.17) is 0 Å². The van der Waals surface area contributed by atoms with Crippen LogP contribution >= 0.6 is 11.8 Å². The molecule has 2 bridgehead atoms. The van der Waals surface area contributed by atoms with Crippen LogP contribution in [-0.2, 0) is 9.59 Å². The highest BCUT2D eigenvalue weighted by Gasteiger charge is 2.52. The number of thioether (sulfide) groups is 1. The van der Waals surface area contributed by atoms with Crippen LogP contribution in [0, 0.1) is 23.7 Å². The predicted molar refractivity (Wildman–Crippen MR) is 73.9 cm³/mol. The van der Waals surface area contributed by atoms with Crippen molar-refractivity contribution >= 4 is 23.6 Å². The van der Waals surface area contributed by atoms with E-state index >= 15 is 0 Å². The number of hydrogen-bond donors (Lipinski definition) is 1. The lowest BCUT2D eigenvalue weighted by Gasteiger charge is -2.35. The van der Waals surface area contributed by atoms with Crippen LogP contribution in [-0.4, -0.2) is 46.0 Å². The maximum Gasteiger partial charge on any atom is 0.307 e. The third-order valence-electron chi connectivity index (χ3n) is 4.58. The number of fused-ring (bicyclic) bond motifs is 2. The van der Waals surface area contributed by atoms with Gasteiger partial charge in [-0.2, -0.15) is 11.8 Å². The Labute approximate surface area is 117 Å². The van der Waals surface area contributed by atoms with Gasteiger partial charge in [0.25, 0.3) is 0 Å². The zero-order chi connectivity index (χ0) is 13.6. The molecule has 0 spiro atoms. The minimum atomic E-state index is -0.811. The molecule has 2 aliphatic carbocycles. The summed E-state index contributed by atoms with van der Waals surface area (Å²) in [6.45, 7) is 3.64. The van der Waals surface area contributed by atoms with Crippen LogP contribution in [0.3, 0.4) is 0 Å². The molecule has 1 aliphatic heterocycles. The molecule has 19 heavy (non-hydrogen) atoms. The van der Waals surface area contributed by atoms with Crippen molar-refractivity contribution in [3.8, 4) is 0 Å². The molecule has 0 radical (unpaired) electrons. The summed E-state index contributed by atoms with van der Waals surface area (Å²) in [7, 11) is 0. The first-order valence-electron chi connectivity index (χ1n) is 6.89. The standard InChI is InChI=1S/C14H19NO3S/c1-8-7-15(4-5-19-8)13(16)11-9-2-3-10(6-9)12(11)14(17)18/h2-3,8-12H,4-7H2,1H3,(H,17,18). The maximum absolute atomic E-state index is 12.7. The van der Waals surface area contributed by atoms with Crippen LogP contribution < -0.4 is 0 Å². The first-order chi connectivity index (χ1) is 9.08. The monoisotopic (exact) mass is 281 g/mol. The first kappa shape index (κ1) is 13.0. The van der Waals surface area contributed by atoms with Gasteiger partial charge in [0.05, 0.1) is 11.8 Å². The lowest BCUT2D eigenvalue weighted by atomic mass is 9.82. The molecule has 1 saturated carbocycles. The zero-order valence-corrected chi connectivity index (χ0v) is 11.8. The summed E-state index contributed by atoms with van der Waals surface area (Å²) >= 11 is 1.88. The third-order valence-corrected chi connectivity index (χ3v) is 5.72. The van der Waals surface area contributed by atoms with Crippen molar-refractivity contribution in [2.45, 2.75) is 18.6 Å². The van der Waals surface area contributed by atoms with E-state index in [1.165, 1.54) is 0 Å². The van der Waals surface area contributed by atoms with Gasteiger partial charge in [0.2, 0.25) is 5.91 Å². The highest BCUT2D eigenvalue weighted by atomic mass is 32.2. The molecule has 1 heterocycles. The minimum Gasteiger partial charge on any atom is -0.481 e. The van der Waals surface area contributed by atoms with Gasteiger partial charge in [-0.1, -0.05) is 19.1 Å². The van der Waals surface area contributed by atoms with E-state index in [2.05, 4.69) is 13.0 Å². The van der Waals surface area contributed by atoms with Gasteiger partial charge in [-0.15, -0.1) is 0 Å². The molecule has 5 heteroatoms. The molecule has 0 aromatic carbocycles. The fraction of sp³-hybridized carbons (Fsp3) is 0.714. The van der Waals surface area contributed by atoms with E-state index in [9.17, 15) is 14.7 Å². The summed E-state index contributed by atoms with van der Waals surface area (Å²) in [5, 5.41) is 9.85. The van der Waals surface area contributed by atoms with Crippen LogP contribution in [0.15, 0.2) is 12.2 Å². The number of carbonyl (C=O) groups is 2. The van der Waals surface area contributed by atoms with Crippen LogP contribution in [0.25, 0.3) is 0 Å². The Morgan fingerprint density at radius 2 is 1.95 bits per heavy atom. The lowest BCUT2D eigenvalue weighted by molar-refractivity contribution is -0.151. The molecule has 5 unspecified atom stereocenters. The molecule has 0 aromatic rings. The SMILES string of the molecule is CC1CN(C(=O)C2C3C=CC(C3)C2C(=O)O)CCS1. The number of rotatable bonds is 2. The van der Waals surface area contributed by atoms with Gasteiger partial charge in [0, 0.05) is 24.1 Å². The molecular formula is C14H19NO3S. The van der Waals surface area contributed by atoms with Crippen molar-refractivity contribution < 1.29 is 14.7 Å². The molecular weight excluding hydrogens is 262 g/mol. The van der Waals surface area contributed by atoms with E-state index in [1.807, 2.05) is 22.7 Å². The summed E-state index contributed by atoms with van der Waals surface area (Å²) in [6, 6.07) is 0. The van der Waals surface area contributed by atoms with Gasteiger partial charge in [0.15, 0.2) is 0 Å². The van der Waals surface area contributed by atoms with Crippen molar-refractivity contribution in [2.75, 3.05) is 18.8 Å². The highest BCUT2D eigenvalue weighted by Crippen LogP contribution is 2.49. The van der Waals surface area contributed by atoms with Crippen molar-refractivity contribution in [1.29, 1.82) is 0 Å². The Kier molecular flexibility index (Phi) is 3.33. The second-order valence-corrected chi connectivity index (χ2v) is 7.35. The molecule has 2 fully saturated rings. The van der Waals surface area contributed by atoms with Gasteiger partial charge < -0.3 is 10.0 Å². The normalized spacial score (nSPS) is 40.7. The molecule has 1 saturated heterocycles. The van der Waals surface area contributed by atoms with E-state index in [-0.39, 0.29) is 23.7 Å². The van der Waals surface area contributed by atoms with E-state index < -0.39 is 11.9 Å². The quantitative estimate of drug-likeness (QED) is 0.779. The zero-order valence-electron chi connectivity index (χ0n) is 11.0. The number of amides is 1. The summed E-state index contributed by atoms with van der Waals surface area (Å²) in [6.07, 6.45) is 4.88. The second-order valence-electron chi connectivity index (χ2n) is 5.80. The van der Waals surface area contributed by atoms with Gasteiger partial charge in [-0.25, -0.2) is 0 Å². The Morgan fingerprint density at radius 3 is 2.58 bits per heavy atom. The molecule has 3 rings (SSSR count). The summed E-state index contributed by atoms with van der Waals surface area (Å²) < 4.78 is 0. The van der Waals surface area contributed by atoms with Crippen LogP contribution in [0.1, 0.15) is 13.3 Å². The summed E-state index contributed by atoms with van der Waals surface area (Å²) in [5.74, 6) is -0.417. The molecule has 4 nitrogen and oxygen atoms in total. The molecule has 3 aliphatic rings. The summed E-state index contributed by atoms with van der Waals surface area (Å²) in [4.78, 5) is 26.0. The van der Waals surface area contributed by atoms with Crippen LogP contribution in [0.5, 0.6) is 0 Å². The van der Waals surface area contributed by atoms with Crippen LogP contribution in [0.4, 0.5) is 0 Å². The topological polar surface area (TPSA) is 57.6 Å².